The van der Waals surface area contributed by atoms with Gasteiger partial charge in [-0.25, -0.2) is 0 Å². The summed E-state index contributed by atoms with van der Waals surface area (Å²) in [5, 5.41) is 3.39. The Labute approximate surface area is 117 Å². The minimum atomic E-state index is 0.477. The summed E-state index contributed by atoms with van der Waals surface area (Å²) in [7, 11) is 3.85. The summed E-state index contributed by atoms with van der Waals surface area (Å²) in [6.07, 6.45) is 1.05. The Morgan fingerprint density at radius 3 is 2.79 bits per heavy atom. The van der Waals surface area contributed by atoms with Crippen LogP contribution in [0.2, 0.25) is 0 Å². The molecule has 4 nitrogen and oxygen atoms in total. The average molecular weight is 268 g/mol. The maximum absolute atomic E-state index is 5.91. The fourth-order valence-electron chi connectivity index (χ4n) is 1.96. The number of nitrogens with one attached hydrogen (secondary N) is 1. The lowest BCUT2D eigenvalue weighted by atomic mass is 10.2. The van der Waals surface area contributed by atoms with Crippen LogP contribution in [0.3, 0.4) is 0 Å². The molecule has 4 heteroatoms. The number of furan rings is 1. The van der Waals surface area contributed by atoms with Crippen LogP contribution in [0, 0.1) is 6.92 Å². The molecule has 0 radical (unpaired) electrons. The van der Waals surface area contributed by atoms with E-state index in [4.69, 9.17) is 9.15 Å². The topological polar surface area (TPSA) is 37.6 Å². The van der Waals surface area contributed by atoms with Gasteiger partial charge in [0.15, 0.2) is 0 Å². The Morgan fingerprint density at radius 2 is 2.16 bits per heavy atom. The van der Waals surface area contributed by atoms with Gasteiger partial charge in [0.25, 0.3) is 0 Å². The number of aryl methyl sites for hydroxylation is 1. The van der Waals surface area contributed by atoms with Gasteiger partial charge in [-0.2, -0.15) is 0 Å². The van der Waals surface area contributed by atoms with Crippen LogP contribution in [-0.4, -0.2) is 38.3 Å². The molecule has 1 N–H and O–H groups in total. The van der Waals surface area contributed by atoms with Crippen molar-refractivity contribution < 1.29 is 9.15 Å². The van der Waals surface area contributed by atoms with Gasteiger partial charge < -0.3 is 14.5 Å². The highest BCUT2D eigenvalue weighted by atomic mass is 16.5. The molecule has 0 atom stereocenters. The Hall–Kier alpha value is -0.840. The predicted molar refractivity (Wildman–Crippen MR) is 78.2 cm³/mol. The van der Waals surface area contributed by atoms with Gasteiger partial charge in [-0.1, -0.05) is 13.8 Å². The smallest absolute Gasteiger partial charge is 0.120 e. The number of rotatable bonds is 9. The molecule has 0 saturated carbocycles. The van der Waals surface area contributed by atoms with Crippen LogP contribution < -0.4 is 5.32 Å². The summed E-state index contributed by atoms with van der Waals surface area (Å²) < 4.78 is 11.0. The van der Waals surface area contributed by atoms with E-state index in [1.54, 1.807) is 7.11 Å². The first kappa shape index (κ1) is 16.2. The third-order valence-electron chi connectivity index (χ3n) is 3.06. The summed E-state index contributed by atoms with van der Waals surface area (Å²) in [4.78, 5) is 2.26. The second-order valence-corrected chi connectivity index (χ2v) is 5.44. The van der Waals surface area contributed by atoms with Crippen LogP contribution in [0.25, 0.3) is 0 Å². The quantitative estimate of drug-likeness (QED) is 0.699. The number of nitrogens with zero attached hydrogens (tertiary/aromatic N) is 1. The molecule has 0 aliphatic heterocycles. The lowest BCUT2D eigenvalue weighted by molar-refractivity contribution is 0.175. The highest BCUT2D eigenvalue weighted by molar-refractivity contribution is 5.20. The normalized spacial score (nSPS) is 11.7. The maximum atomic E-state index is 5.91. The van der Waals surface area contributed by atoms with Gasteiger partial charge in [-0.15, -0.1) is 0 Å². The van der Waals surface area contributed by atoms with Gasteiger partial charge in [0, 0.05) is 26.3 Å². The SMILES string of the molecule is COCCCN(C)Cc1cc(C)c(CNC(C)C)o1. The van der Waals surface area contributed by atoms with Crippen LogP contribution in [0.5, 0.6) is 0 Å². The first-order valence-electron chi connectivity index (χ1n) is 7.02. The van der Waals surface area contributed by atoms with E-state index in [0.717, 1.165) is 44.2 Å². The molecule has 0 unspecified atom stereocenters. The molecule has 110 valence electrons. The Bertz CT molecular complexity index is 361. The van der Waals surface area contributed by atoms with E-state index in [2.05, 4.69) is 44.1 Å². The van der Waals surface area contributed by atoms with Crippen molar-refractivity contribution in [1.29, 1.82) is 0 Å². The molecule has 0 aliphatic carbocycles. The molecule has 0 saturated heterocycles. The van der Waals surface area contributed by atoms with Gasteiger partial charge >= 0.3 is 0 Å². The minimum absolute atomic E-state index is 0.477. The van der Waals surface area contributed by atoms with E-state index in [-0.39, 0.29) is 0 Å². The number of methoxy groups -OCH3 is 1. The summed E-state index contributed by atoms with van der Waals surface area (Å²) in [5.41, 5.74) is 1.23. The molecular formula is C15H28N2O2. The molecule has 1 rings (SSSR count). The van der Waals surface area contributed by atoms with Gasteiger partial charge in [-0.05, 0) is 32.0 Å². The zero-order valence-electron chi connectivity index (χ0n) is 13.0. The van der Waals surface area contributed by atoms with Crippen molar-refractivity contribution in [1.82, 2.24) is 10.2 Å². The van der Waals surface area contributed by atoms with E-state index < -0.39 is 0 Å². The van der Waals surface area contributed by atoms with Crippen molar-refractivity contribution in [3.63, 3.8) is 0 Å². The van der Waals surface area contributed by atoms with Crippen LogP contribution in [-0.2, 0) is 17.8 Å². The molecule has 0 amide bonds. The summed E-state index contributed by atoms with van der Waals surface area (Å²) in [6.45, 7) is 9.88. The predicted octanol–water partition coefficient (Wildman–Crippen LogP) is 2.55. The zero-order valence-corrected chi connectivity index (χ0v) is 13.0. The van der Waals surface area contributed by atoms with Crippen LogP contribution in [0.15, 0.2) is 10.5 Å². The Morgan fingerprint density at radius 1 is 1.42 bits per heavy atom. The molecule has 0 aromatic carbocycles. The summed E-state index contributed by atoms with van der Waals surface area (Å²) in [5.74, 6) is 2.09. The van der Waals surface area contributed by atoms with Crippen molar-refractivity contribution in [3.8, 4) is 0 Å². The minimum Gasteiger partial charge on any atom is -0.463 e. The molecule has 19 heavy (non-hydrogen) atoms. The third kappa shape index (κ3) is 6.23. The van der Waals surface area contributed by atoms with E-state index in [9.17, 15) is 0 Å². The van der Waals surface area contributed by atoms with Crippen molar-refractivity contribution in [2.45, 2.75) is 46.3 Å². The van der Waals surface area contributed by atoms with E-state index in [1.165, 1.54) is 5.56 Å². The molecule has 0 bridgehead atoms. The van der Waals surface area contributed by atoms with Gasteiger partial charge in [0.1, 0.15) is 11.5 Å². The number of ether oxygens (including phenoxy) is 1. The second kappa shape index (κ2) is 8.35. The molecule has 0 aliphatic rings. The van der Waals surface area contributed by atoms with Crippen LogP contribution >= 0.6 is 0 Å². The fourth-order valence-corrected chi connectivity index (χ4v) is 1.96. The standard InChI is InChI=1S/C15H28N2O2/c1-12(2)16-10-15-13(3)9-14(19-15)11-17(4)7-6-8-18-5/h9,12,16H,6-8,10-11H2,1-5H3. The molecule has 0 spiro atoms. The third-order valence-corrected chi connectivity index (χ3v) is 3.06. The average Bonchev–Trinajstić information content (AvgIpc) is 2.67. The van der Waals surface area contributed by atoms with Gasteiger partial charge in [0.05, 0.1) is 13.1 Å². The van der Waals surface area contributed by atoms with Gasteiger partial charge in [0.2, 0.25) is 0 Å². The zero-order chi connectivity index (χ0) is 14.3. The first-order chi connectivity index (χ1) is 9.02. The molecular weight excluding hydrogens is 240 g/mol. The molecule has 1 aromatic heterocycles. The lowest BCUT2D eigenvalue weighted by Crippen LogP contribution is -2.22. The Balaban J connectivity index is 2.43. The Kier molecular flexibility index (Phi) is 7.13. The summed E-state index contributed by atoms with van der Waals surface area (Å²) >= 11 is 0. The van der Waals surface area contributed by atoms with Crippen molar-refractivity contribution in [3.05, 3.63) is 23.2 Å². The summed E-state index contributed by atoms with van der Waals surface area (Å²) in [6, 6.07) is 2.62. The molecule has 1 heterocycles. The fraction of sp³-hybridized carbons (Fsp3) is 0.733. The molecule has 1 aromatic rings. The molecule has 0 fully saturated rings. The van der Waals surface area contributed by atoms with E-state index in [1.807, 2.05) is 0 Å². The number of hydrogen-bond donors (Lipinski definition) is 1. The van der Waals surface area contributed by atoms with Crippen molar-refractivity contribution in [2.24, 2.45) is 0 Å². The van der Waals surface area contributed by atoms with Crippen LogP contribution in [0.1, 0.15) is 37.4 Å². The van der Waals surface area contributed by atoms with E-state index >= 15 is 0 Å². The highest BCUT2D eigenvalue weighted by Crippen LogP contribution is 2.16. The first-order valence-corrected chi connectivity index (χ1v) is 7.02. The largest absolute Gasteiger partial charge is 0.463 e. The van der Waals surface area contributed by atoms with Crippen molar-refractivity contribution >= 4 is 0 Å². The van der Waals surface area contributed by atoms with Crippen LogP contribution in [0.4, 0.5) is 0 Å². The second-order valence-electron chi connectivity index (χ2n) is 5.44. The van der Waals surface area contributed by atoms with Crippen molar-refractivity contribution in [2.75, 3.05) is 27.3 Å². The monoisotopic (exact) mass is 268 g/mol. The maximum Gasteiger partial charge on any atom is 0.120 e. The van der Waals surface area contributed by atoms with E-state index in [0.29, 0.717) is 6.04 Å². The number of hydrogen-bond acceptors (Lipinski definition) is 4. The lowest BCUT2D eigenvalue weighted by Gasteiger charge is -2.14. The van der Waals surface area contributed by atoms with Gasteiger partial charge in [-0.3, -0.25) is 4.90 Å². The highest BCUT2D eigenvalue weighted by Gasteiger charge is 2.09.